The monoisotopic (exact) mass is 375 g/mol. The van der Waals surface area contributed by atoms with Crippen LogP contribution < -0.4 is 4.18 Å². The zero-order chi connectivity index (χ0) is 16.3. The fraction of sp³-hybridized carbons (Fsp3) is 0.0714. The molecule has 0 atom stereocenters. The fourth-order valence-electron chi connectivity index (χ4n) is 1.64. The Balaban J connectivity index is 2.21. The summed E-state index contributed by atoms with van der Waals surface area (Å²) in [6.45, 7) is 0. The molecule has 0 amide bonds. The van der Waals surface area contributed by atoms with Crippen LogP contribution in [0.15, 0.2) is 36.4 Å². The van der Waals surface area contributed by atoms with E-state index < -0.39 is 10.1 Å². The van der Waals surface area contributed by atoms with Gasteiger partial charge in [0.05, 0.1) is 26.7 Å². The van der Waals surface area contributed by atoms with Crippen LogP contribution in [0, 0.1) is 11.3 Å². The lowest BCUT2D eigenvalue weighted by Crippen LogP contribution is -2.12. The Bertz CT molecular complexity index is 860. The number of benzene rings is 2. The molecule has 2 aromatic rings. The Kier molecular flexibility index (Phi) is 5.20. The zero-order valence-electron chi connectivity index (χ0n) is 10.9. The van der Waals surface area contributed by atoms with Gasteiger partial charge in [-0.3, -0.25) is 0 Å². The van der Waals surface area contributed by atoms with E-state index in [-0.39, 0.29) is 21.5 Å². The third-order valence-electron chi connectivity index (χ3n) is 2.61. The molecule has 0 heterocycles. The predicted molar refractivity (Wildman–Crippen MR) is 85.9 cm³/mol. The SMILES string of the molecule is N#Cc1ccc(OS(=O)(=O)Cc2ccc(Cl)c(Cl)c2)c(Cl)c1. The van der Waals surface area contributed by atoms with Crippen molar-refractivity contribution in [2.24, 2.45) is 0 Å². The number of halogens is 3. The molecular formula is C14H8Cl3NO3S. The Hall–Kier alpha value is -1.45. The summed E-state index contributed by atoms with van der Waals surface area (Å²) in [5.41, 5.74) is 0.735. The largest absolute Gasteiger partial charge is 0.381 e. The average molecular weight is 377 g/mol. The molecule has 0 unspecified atom stereocenters. The van der Waals surface area contributed by atoms with E-state index in [1.54, 1.807) is 0 Å². The molecule has 2 aromatic carbocycles. The fourth-order valence-corrected chi connectivity index (χ4v) is 3.29. The van der Waals surface area contributed by atoms with E-state index in [9.17, 15) is 8.42 Å². The molecule has 0 saturated heterocycles. The molecule has 4 nitrogen and oxygen atoms in total. The van der Waals surface area contributed by atoms with Gasteiger partial charge in [-0.2, -0.15) is 13.7 Å². The molecule has 0 bridgehead atoms. The Morgan fingerprint density at radius 1 is 1.00 bits per heavy atom. The van der Waals surface area contributed by atoms with Crippen molar-refractivity contribution in [2.45, 2.75) is 5.75 Å². The third kappa shape index (κ3) is 4.28. The van der Waals surface area contributed by atoms with E-state index >= 15 is 0 Å². The average Bonchev–Trinajstić information content (AvgIpc) is 2.44. The van der Waals surface area contributed by atoms with Crippen LogP contribution in [0.4, 0.5) is 0 Å². The van der Waals surface area contributed by atoms with Gasteiger partial charge >= 0.3 is 10.1 Å². The summed E-state index contributed by atoms with van der Waals surface area (Å²) in [5, 5.41) is 9.36. The molecule has 0 saturated carbocycles. The van der Waals surface area contributed by atoms with Crippen LogP contribution in [0.25, 0.3) is 0 Å². The standard InChI is InChI=1S/C14H8Cl3NO3S/c15-11-3-1-10(6-12(11)16)8-22(19,20)21-14-4-2-9(7-18)5-13(14)17/h1-6H,8H2. The molecule has 8 heteroatoms. The first kappa shape index (κ1) is 16.9. The minimum Gasteiger partial charge on any atom is -0.381 e. The van der Waals surface area contributed by atoms with E-state index in [4.69, 9.17) is 44.2 Å². The van der Waals surface area contributed by atoms with Crippen molar-refractivity contribution in [3.63, 3.8) is 0 Å². The van der Waals surface area contributed by atoms with E-state index in [2.05, 4.69) is 0 Å². The highest BCUT2D eigenvalue weighted by molar-refractivity contribution is 7.86. The van der Waals surface area contributed by atoms with Crippen molar-refractivity contribution in [1.29, 1.82) is 5.26 Å². The van der Waals surface area contributed by atoms with Crippen LogP contribution in [0.3, 0.4) is 0 Å². The van der Waals surface area contributed by atoms with Crippen LogP contribution in [0.2, 0.25) is 15.1 Å². The highest BCUT2D eigenvalue weighted by atomic mass is 35.5. The van der Waals surface area contributed by atoms with Crippen LogP contribution in [-0.4, -0.2) is 8.42 Å². The van der Waals surface area contributed by atoms with E-state index in [1.165, 1.54) is 36.4 Å². The molecule has 0 radical (unpaired) electrons. The summed E-state index contributed by atoms with van der Waals surface area (Å²) < 4.78 is 29.1. The first-order valence-corrected chi connectivity index (χ1v) is 8.57. The molecule has 0 fully saturated rings. The summed E-state index contributed by atoms with van der Waals surface area (Å²) in [6.07, 6.45) is 0. The molecule has 22 heavy (non-hydrogen) atoms. The molecule has 0 aromatic heterocycles. The number of rotatable bonds is 4. The lowest BCUT2D eigenvalue weighted by molar-refractivity contribution is 0.485. The first-order valence-electron chi connectivity index (χ1n) is 5.86. The lowest BCUT2D eigenvalue weighted by atomic mass is 10.2. The minimum atomic E-state index is -3.93. The lowest BCUT2D eigenvalue weighted by Gasteiger charge is -2.09. The quantitative estimate of drug-likeness (QED) is 0.740. The maximum Gasteiger partial charge on any atom is 0.313 e. The van der Waals surface area contributed by atoms with Crippen molar-refractivity contribution in [1.82, 2.24) is 0 Å². The highest BCUT2D eigenvalue weighted by Crippen LogP contribution is 2.28. The van der Waals surface area contributed by atoms with E-state index in [1.807, 2.05) is 6.07 Å². The van der Waals surface area contributed by atoms with Gasteiger partial charge in [0.15, 0.2) is 5.75 Å². The normalized spacial score (nSPS) is 11.0. The molecule has 0 spiro atoms. The van der Waals surface area contributed by atoms with Gasteiger partial charge in [-0.25, -0.2) is 0 Å². The number of nitriles is 1. The number of nitrogens with zero attached hydrogens (tertiary/aromatic N) is 1. The molecular weight excluding hydrogens is 369 g/mol. The Morgan fingerprint density at radius 3 is 2.32 bits per heavy atom. The zero-order valence-corrected chi connectivity index (χ0v) is 14.0. The van der Waals surface area contributed by atoms with Crippen molar-refractivity contribution in [3.05, 3.63) is 62.6 Å². The van der Waals surface area contributed by atoms with Crippen LogP contribution in [0.1, 0.15) is 11.1 Å². The molecule has 0 aliphatic heterocycles. The maximum absolute atomic E-state index is 12.1. The van der Waals surface area contributed by atoms with Crippen LogP contribution >= 0.6 is 34.8 Å². The molecule has 0 N–H and O–H groups in total. The van der Waals surface area contributed by atoms with Crippen molar-refractivity contribution in [3.8, 4) is 11.8 Å². The first-order chi connectivity index (χ1) is 10.3. The van der Waals surface area contributed by atoms with Gasteiger partial charge in [0, 0.05) is 0 Å². The van der Waals surface area contributed by atoms with Gasteiger partial charge in [0.1, 0.15) is 5.75 Å². The molecule has 114 valence electrons. The minimum absolute atomic E-state index is 0.0387. The van der Waals surface area contributed by atoms with Gasteiger partial charge in [-0.05, 0) is 35.9 Å². The van der Waals surface area contributed by atoms with Gasteiger partial charge in [0.25, 0.3) is 0 Å². The molecule has 0 aliphatic rings. The van der Waals surface area contributed by atoms with Gasteiger partial charge in [-0.1, -0.05) is 40.9 Å². The second-order valence-corrected chi connectivity index (χ2v) is 7.08. The van der Waals surface area contributed by atoms with Gasteiger partial charge < -0.3 is 4.18 Å². The second kappa shape index (κ2) is 6.76. The van der Waals surface area contributed by atoms with Crippen LogP contribution in [0.5, 0.6) is 5.75 Å². The number of hydrogen-bond donors (Lipinski definition) is 0. The Morgan fingerprint density at radius 2 is 1.73 bits per heavy atom. The number of hydrogen-bond acceptors (Lipinski definition) is 4. The third-order valence-corrected chi connectivity index (χ3v) is 4.76. The van der Waals surface area contributed by atoms with Crippen LogP contribution in [-0.2, 0) is 15.9 Å². The van der Waals surface area contributed by atoms with Crippen molar-refractivity contribution in [2.75, 3.05) is 0 Å². The molecule has 0 aliphatic carbocycles. The van der Waals surface area contributed by atoms with Gasteiger partial charge in [0.2, 0.25) is 0 Å². The van der Waals surface area contributed by atoms with Crippen molar-refractivity contribution >= 4 is 44.9 Å². The summed E-state index contributed by atoms with van der Waals surface area (Å²) in [6, 6.07) is 10.4. The predicted octanol–water partition coefficient (Wildman–Crippen LogP) is 4.43. The highest BCUT2D eigenvalue weighted by Gasteiger charge is 2.17. The summed E-state index contributed by atoms with van der Waals surface area (Å²) in [5.74, 6) is -0.430. The summed E-state index contributed by atoms with van der Waals surface area (Å²) in [7, 11) is -3.93. The topological polar surface area (TPSA) is 67.2 Å². The molecule has 2 rings (SSSR count). The Labute approximate surface area is 142 Å². The smallest absolute Gasteiger partial charge is 0.313 e. The van der Waals surface area contributed by atoms with E-state index in [0.29, 0.717) is 16.1 Å². The van der Waals surface area contributed by atoms with Gasteiger partial charge in [-0.15, -0.1) is 0 Å². The maximum atomic E-state index is 12.1. The summed E-state index contributed by atoms with van der Waals surface area (Å²) in [4.78, 5) is 0. The van der Waals surface area contributed by atoms with E-state index in [0.717, 1.165) is 0 Å². The van der Waals surface area contributed by atoms with Crippen molar-refractivity contribution < 1.29 is 12.6 Å². The second-order valence-electron chi connectivity index (χ2n) is 4.29. The summed E-state index contributed by atoms with van der Waals surface area (Å²) >= 11 is 17.5.